The van der Waals surface area contributed by atoms with Crippen molar-refractivity contribution in [2.45, 2.75) is 44.3 Å². The largest absolute Gasteiger partial charge is 0.325 e. The van der Waals surface area contributed by atoms with E-state index >= 15 is 0 Å². The van der Waals surface area contributed by atoms with Crippen LogP contribution in [0, 0.1) is 27.7 Å². The summed E-state index contributed by atoms with van der Waals surface area (Å²) in [5.41, 5.74) is 6.98. The molecule has 1 amide bonds. The van der Waals surface area contributed by atoms with Crippen LogP contribution in [0.5, 0.6) is 0 Å². The molecular formula is C19H21NOS. The van der Waals surface area contributed by atoms with Gasteiger partial charge in [0.05, 0.1) is 5.25 Å². The molecule has 2 aromatic carbocycles. The number of amides is 1. The number of hydrogen-bond donors (Lipinski definition) is 1. The minimum atomic E-state index is -0.0306. The van der Waals surface area contributed by atoms with Crippen molar-refractivity contribution in [2.24, 2.45) is 0 Å². The average Bonchev–Trinajstić information content (AvgIpc) is 2.85. The predicted molar refractivity (Wildman–Crippen MR) is 93.8 cm³/mol. The van der Waals surface area contributed by atoms with Crippen LogP contribution in [0.2, 0.25) is 0 Å². The molecule has 1 N–H and O–H groups in total. The van der Waals surface area contributed by atoms with Crippen LogP contribution in [0.4, 0.5) is 5.69 Å². The van der Waals surface area contributed by atoms with Gasteiger partial charge in [-0.1, -0.05) is 35.4 Å². The normalized spacial score (nSPS) is 16.5. The first-order valence-corrected chi connectivity index (χ1v) is 8.47. The van der Waals surface area contributed by atoms with Gasteiger partial charge < -0.3 is 5.32 Å². The summed E-state index contributed by atoms with van der Waals surface area (Å²) < 4.78 is 0. The minimum Gasteiger partial charge on any atom is -0.325 e. The van der Waals surface area contributed by atoms with Crippen LogP contribution >= 0.6 is 11.8 Å². The summed E-state index contributed by atoms with van der Waals surface area (Å²) in [5, 5.41) is 3.11. The third-order valence-electron chi connectivity index (χ3n) is 4.11. The lowest BCUT2D eigenvalue weighted by Crippen LogP contribution is -2.25. The van der Waals surface area contributed by atoms with Gasteiger partial charge in [0.15, 0.2) is 0 Å². The van der Waals surface area contributed by atoms with Crippen molar-refractivity contribution in [2.75, 3.05) is 5.32 Å². The van der Waals surface area contributed by atoms with E-state index in [1.807, 2.05) is 0 Å². The van der Waals surface area contributed by atoms with E-state index in [1.165, 1.54) is 21.6 Å². The van der Waals surface area contributed by atoms with E-state index in [9.17, 15) is 4.79 Å². The molecule has 1 atom stereocenters. The Hall–Kier alpha value is -1.74. The summed E-state index contributed by atoms with van der Waals surface area (Å²) in [6.45, 7) is 8.27. The summed E-state index contributed by atoms with van der Waals surface area (Å²) in [7, 11) is 0. The van der Waals surface area contributed by atoms with Crippen LogP contribution in [0.25, 0.3) is 0 Å². The number of aryl methyl sites for hydroxylation is 4. The summed E-state index contributed by atoms with van der Waals surface area (Å²) in [6, 6.07) is 10.7. The predicted octanol–water partition coefficient (Wildman–Crippen LogP) is 4.58. The standard InChI is InChI=1S/C19H21NOS/c1-11-5-6-15-10-17(22-16(15)9-11)19(21)20-18-13(3)7-12(2)8-14(18)4/h5-9,17H,10H2,1-4H3,(H,20,21)/t17-/m1/s1. The monoisotopic (exact) mass is 311 g/mol. The molecule has 0 aromatic heterocycles. The first-order valence-electron chi connectivity index (χ1n) is 7.59. The first kappa shape index (κ1) is 15.2. The second kappa shape index (κ2) is 5.81. The summed E-state index contributed by atoms with van der Waals surface area (Å²) in [5.74, 6) is 0.105. The van der Waals surface area contributed by atoms with Crippen molar-refractivity contribution < 1.29 is 4.79 Å². The molecule has 22 heavy (non-hydrogen) atoms. The molecular weight excluding hydrogens is 290 g/mol. The van der Waals surface area contributed by atoms with E-state index < -0.39 is 0 Å². The van der Waals surface area contributed by atoms with E-state index in [0.29, 0.717) is 0 Å². The van der Waals surface area contributed by atoms with Gasteiger partial charge in [-0.2, -0.15) is 0 Å². The second-order valence-electron chi connectivity index (χ2n) is 6.18. The van der Waals surface area contributed by atoms with Gasteiger partial charge in [0.25, 0.3) is 0 Å². The molecule has 1 aliphatic rings. The van der Waals surface area contributed by atoms with Crippen LogP contribution in [-0.4, -0.2) is 11.2 Å². The molecule has 0 fully saturated rings. The minimum absolute atomic E-state index is 0.0306. The summed E-state index contributed by atoms with van der Waals surface area (Å²) >= 11 is 1.68. The van der Waals surface area contributed by atoms with Crippen LogP contribution < -0.4 is 5.32 Å². The van der Waals surface area contributed by atoms with Crippen LogP contribution in [0.3, 0.4) is 0 Å². The van der Waals surface area contributed by atoms with Crippen molar-refractivity contribution in [3.05, 3.63) is 58.1 Å². The number of thioether (sulfide) groups is 1. The van der Waals surface area contributed by atoms with Gasteiger partial charge in [0.2, 0.25) is 5.91 Å². The Balaban J connectivity index is 1.77. The second-order valence-corrected chi connectivity index (χ2v) is 7.43. The van der Waals surface area contributed by atoms with Gasteiger partial charge in [-0.3, -0.25) is 4.79 Å². The molecule has 0 unspecified atom stereocenters. The Labute approximate surface area is 136 Å². The first-order chi connectivity index (χ1) is 10.4. The molecule has 0 spiro atoms. The fourth-order valence-corrected chi connectivity index (χ4v) is 4.35. The summed E-state index contributed by atoms with van der Waals surface area (Å²) in [6.07, 6.45) is 0.816. The number of benzene rings is 2. The van der Waals surface area contributed by atoms with Gasteiger partial charge >= 0.3 is 0 Å². The average molecular weight is 311 g/mol. The molecule has 1 heterocycles. The molecule has 114 valence electrons. The van der Waals surface area contributed by atoms with E-state index in [-0.39, 0.29) is 11.2 Å². The Morgan fingerprint density at radius 3 is 2.41 bits per heavy atom. The molecule has 2 nitrogen and oxygen atoms in total. The van der Waals surface area contributed by atoms with Gasteiger partial charge in [-0.15, -0.1) is 11.8 Å². The zero-order valence-corrected chi connectivity index (χ0v) is 14.3. The van der Waals surface area contributed by atoms with E-state index in [1.54, 1.807) is 11.8 Å². The zero-order valence-electron chi connectivity index (χ0n) is 13.5. The van der Waals surface area contributed by atoms with Crippen LogP contribution in [0.15, 0.2) is 35.2 Å². The third kappa shape index (κ3) is 2.91. The lowest BCUT2D eigenvalue weighted by atomic mass is 10.0. The Morgan fingerprint density at radius 1 is 1.05 bits per heavy atom. The van der Waals surface area contributed by atoms with E-state index in [0.717, 1.165) is 23.2 Å². The number of rotatable bonds is 2. The van der Waals surface area contributed by atoms with Crippen molar-refractivity contribution in [3.8, 4) is 0 Å². The molecule has 0 radical (unpaired) electrons. The maximum atomic E-state index is 12.6. The fraction of sp³-hybridized carbons (Fsp3) is 0.316. The number of carbonyl (C=O) groups is 1. The van der Waals surface area contributed by atoms with Crippen molar-refractivity contribution >= 4 is 23.4 Å². The maximum Gasteiger partial charge on any atom is 0.238 e. The van der Waals surface area contributed by atoms with Crippen LogP contribution in [-0.2, 0) is 11.2 Å². The summed E-state index contributed by atoms with van der Waals surface area (Å²) in [4.78, 5) is 13.9. The molecule has 2 aromatic rings. The van der Waals surface area contributed by atoms with Gasteiger partial charge in [-0.05, 0) is 56.9 Å². The SMILES string of the molecule is Cc1cc(C)c(NC(=O)[C@H]2Cc3ccc(C)cc3S2)c(C)c1. The number of anilines is 1. The van der Waals surface area contributed by atoms with Gasteiger partial charge in [0.1, 0.15) is 0 Å². The lowest BCUT2D eigenvalue weighted by Gasteiger charge is -2.15. The van der Waals surface area contributed by atoms with Gasteiger partial charge in [-0.25, -0.2) is 0 Å². The lowest BCUT2D eigenvalue weighted by molar-refractivity contribution is -0.115. The quantitative estimate of drug-likeness (QED) is 0.880. The molecule has 1 aliphatic heterocycles. The number of fused-ring (bicyclic) bond motifs is 1. The molecule has 0 saturated heterocycles. The Kier molecular flexibility index (Phi) is 4.00. The molecule has 0 aliphatic carbocycles. The Morgan fingerprint density at radius 2 is 1.73 bits per heavy atom. The fourth-order valence-electron chi connectivity index (χ4n) is 3.06. The van der Waals surface area contributed by atoms with Crippen molar-refractivity contribution in [1.29, 1.82) is 0 Å². The maximum absolute atomic E-state index is 12.6. The molecule has 0 saturated carbocycles. The zero-order chi connectivity index (χ0) is 15.9. The van der Waals surface area contributed by atoms with E-state index in [2.05, 4.69) is 63.3 Å². The van der Waals surface area contributed by atoms with Gasteiger partial charge in [0, 0.05) is 10.6 Å². The topological polar surface area (TPSA) is 29.1 Å². The highest BCUT2D eigenvalue weighted by atomic mass is 32.2. The molecule has 3 heteroatoms. The van der Waals surface area contributed by atoms with Crippen molar-refractivity contribution in [1.82, 2.24) is 0 Å². The van der Waals surface area contributed by atoms with Crippen molar-refractivity contribution in [3.63, 3.8) is 0 Å². The Bertz CT molecular complexity index is 728. The van der Waals surface area contributed by atoms with E-state index in [4.69, 9.17) is 0 Å². The highest BCUT2D eigenvalue weighted by Gasteiger charge is 2.28. The molecule has 0 bridgehead atoms. The van der Waals surface area contributed by atoms with Crippen LogP contribution in [0.1, 0.15) is 27.8 Å². The highest BCUT2D eigenvalue weighted by molar-refractivity contribution is 8.01. The number of hydrogen-bond acceptors (Lipinski definition) is 2. The highest BCUT2D eigenvalue weighted by Crippen LogP contribution is 2.38. The number of carbonyl (C=O) groups excluding carboxylic acids is 1. The third-order valence-corrected chi connectivity index (χ3v) is 5.41. The number of nitrogens with one attached hydrogen (secondary N) is 1. The molecule has 3 rings (SSSR count). The smallest absolute Gasteiger partial charge is 0.238 e.